The van der Waals surface area contributed by atoms with Crippen molar-refractivity contribution in [2.24, 2.45) is 0 Å². The Bertz CT molecular complexity index is 804. The van der Waals surface area contributed by atoms with E-state index in [2.05, 4.69) is 33.0 Å². The lowest BCUT2D eigenvalue weighted by Gasteiger charge is -2.37. The second-order valence-electron chi connectivity index (χ2n) is 6.61. The molecule has 1 fully saturated rings. The third kappa shape index (κ3) is 5.28. The highest BCUT2D eigenvalue weighted by Crippen LogP contribution is 2.24. The molecule has 0 radical (unpaired) electrons. The van der Waals surface area contributed by atoms with Gasteiger partial charge >= 0.3 is 0 Å². The Balaban J connectivity index is 1.68. The van der Waals surface area contributed by atoms with E-state index in [1.165, 1.54) is 5.56 Å². The quantitative estimate of drug-likeness (QED) is 0.758. The summed E-state index contributed by atoms with van der Waals surface area (Å²) in [6.45, 7) is 4.22. The van der Waals surface area contributed by atoms with E-state index in [9.17, 15) is 8.42 Å². The van der Waals surface area contributed by atoms with E-state index in [1.807, 2.05) is 5.38 Å². The molecule has 142 valence electrons. The molecule has 3 rings (SSSR count). The smallest absolute Gasteiger partial charge is 0.215 e. The minimum absolute atomic E-state index is 0.0518. The molecule has 1 N–H and O–H groups in total. The number of piperazine rings is 1. The first-order valence-corrected chi connectivity index (χ1v) is 11.6. The van der Waals surface area contributed by atoms with Gasteiger partial charge in [0.15, 0.2) is 0 Å². The first-order valence-electron chi connectivity index (χ1n) is 8.60. The van der Waals surface area contributed by atoms with Gasteiger partial charge in [0.05, 0.1) is 5.75 Å². The van der Waals surface area contributed by atoms with Crippen molar-refractivity contribution in [1.82, 2.24) is 14.5 Å². The highest BCUT2D eigenvalue weighted by Gasteiger charge is 2.26. The van der Waals surface area contributed by atoms with Crippen molar-refractivity contribution in [3.8, 4) is 0 Å². The number of nitrogens with one attached hydrogen (secondary N) is 1. The van der Waals surface area contributed by atoms with Crippen LogP contribution in [0.2, 0.25) is 5.02 Å². The number of hydrogen-bond donors (Lipinski definition) is 1. The fourth-order valence-corrected chi connectivity index (χ4v) is 5.30. The van der Waals surface area contributed by atoms with Crippen molar-refractivity contribution < 1.29 is 8.42 Å². The van der Waals surface area contributed by atoms with Crippen LogP contribution in [0.1, 0.15) is 17.2 Å². The van der Waals surface area contributed by atoms with Crippen LogP contribution in [0.15, 0.2) is 41.1 Å². The molecule has 1 aliphatic rings. The minimum atomic E-state index is -3.46. The molecule has 2 aromatic rings. The summed E-state index contributed by atoms with van der Waals surface area (Å²) in [7, 11) is -1.35. The number of thiophene rings is 1. The molecule has 0 saturated carbocycles. The van der Waals surface area contributed by atoms with Gasteiger partial charge in [-0.1, -0.05) is 29.8 Å². The van der Waals surface area contributed by atoms with Gasteiger partial charge in [0.2, 0.25) is 10.0 Å². The number of sulfonamides is 1. The number of rotatable bonds is 7. The minimum Gasteiger partial charge on any atom is -0.304 e. The molecule has 1 saturated heterocycles. The predicted octanol–water partition coefficient (Wildman–Crippen LogP) is 2.81. The molecule has 5 nitrogen and oxygen atoms in total. The Morgan fingerprint density at radius 1 is 1.19 bits per heavy atom. The van der Waals surface area contributed by atoms with Crippen molar-refractivity contribution in [3.63, 3.8) is 0 Å². The lowest BCUT2D eigenvalue weighted by Crippen LogP contribution is -2.48. The van der Waals surface area contributed by atoms with Crippen molar-refractivity contribution in [2.75, 3.05) is 39.8 Å². The molecule has 1 aliphatic heterocycles. The van der Waals surface area contributed by atoms with Gasteiger partial charge in [0, 0.05) is 43.8 Å². The zero-order valence-corrected chi connectivity index (χ0v) is 17.2. The van der Waals surface area contributed by atoms with E-state index in [-0.39, 0.29) is 11.8 Å². The van der Waals surface area contributed by atoms with Gasteiger partial charge in [-0.3, -0.25) is 4.90 Å². The number of likely N-dealkylation sites (N-methyl/N-ethyl adjacent to an activating group) is 1. The van der Waals surface area contributed by atoms with Crippen LogP contribution in [-0.2, 0) is 15.8 Å². The summed E-state index contributed by atoms with van der Waals surface area (Å²) in [5.74, 6) is -0.105. The molecule has 0 amide bonds. The number of benzene rings is 1. The van der Waals surface area contributed by atoms with Crippen LogP contribution in [-0.4, -0.2) is 58.0 Å². The molecule has 1 atom stereocenters. The third-order valence-corrected chi connectivity index (χ3v) is 7.07. The van der Waals surface area contributed by atoms with Gasteiger partial charge in [-0.05, 0) is 41.1 Å². The molecular weight excluding hydrogens is 390 g/mol. The summed E-state index contributed by atoms with van der Waals surface area (Å²) in [4.78, 5) is 4.66. The number of hydrogen-bond acceptors (Lipinski definition) is 5. The highest BCUT2D eigenvalue weighted by molar-refractivity contribution is 7.88. The highest BCUT2D eigenvalue weighted by atomic mass is 35.5. The van der Waals surface area contributed by atoms with Crippen LogP contribution in [0, 0.1) is 0 Å². The molecule has 26 heavy (non-hydrogen) atoms. The van der Waals surface area contributed by atoms with E-state index in [1.54, 1.807) is 35.6 Å². The fourth-order valence-electron chi connectivity index (χ4n) is 3.13. The molecule has 0 bridgehead atoms. The molecule has 1 aromatic heterocycles. The van der Waals surface area contributed by atoms with Gasteiger partial charge in [-0.25, -0.2) is 13.1 Å². The predicted molar refractivity (Wildman–Crippen MR) is 108 cm³/mol. The van der Waals surface area contributed by atoms with Crippen molar-refractivity contribution >= 4 is 33.0 Å². The lowest BCUT2D eigenvalue weighted by molar-refractivity contribution is 0.113. The summed E-state index contributed by atoms with van der Waals surface area (Å²) in [6, 6.07) is 9.19. The van der Waals surface area contributed by atoms with Crippen LogP contribution in [0.3, 0.4) is 0 Å². The first kappa shape index (κ1) is 19.8. The van der Waals surface area contributed by atoms with E-state index >= 15 is 0 Å². The maximum atomic E-state index is 12.6. The molecule has 8 heteroatoms. The van der Waals surface area contributed by atoms with Crippen LogP contribution in [0.4, 0.5) is 0 Å². The zero-order valence-electron chi connectivity index (χ0n) is 14.8. The van der Waals surface area contributed by atoms with E-state index < -0.39 is 10.0 Å². The summed E-state index contributed by atoms with van der Waals surface area (Å²) in [5.41, 5.74) is 1.79. The van der Waals surface area contributed by atoms with Gasteiger partial charge < -0.3 is 4.90 Å². The Morgan fingerprint density at radius 2 is 1.92 bits per heavy atom. The number of nitrogens with zero attached hydrogens (tertiary/aromatic N) is 2. The second kappa shape index (κ2) is 8.82. The topological polar surface area (TPSA) is 52.6 Å². The molecule has 0 spiro atoms. The maximum absolute atomic E-state index is 12.6. The normalized spacial score (nSPS) is 18.1. The lowest BCUT2D eigenvalue weighted by atomic mass is 10.1. The monoisotopic (exact) mass is 413 g/mol. The number of halogens is 1. The Kier molecular flexibility index (Phi) is 6.71. The largest absolute Gasteiger partial charge is 0.304 e. The molecule has 2 heterocycles. The van der Waals surface area contributed by atoms with Gasteiger partial charge in [0.25, 0.3) is 0 Å². The van der Waals surface area contributed by atoms with Crippen LogP contribution < -0.4 is 4.72 Å². The average molecular weight is 414 g/mol. The molecular formula is C18H24ClN3O2S2. The van der Waals surface area contributed by atoms with E-state index in [0.29, 0.717) is 17.1 Å². The summed E-state index contributed by atoms with van der Waals surface area (Å²) >= 11 is 7.74. The van der Waals surface area contributed by atoms with E-state index in [0.717, 1.165) is 26.2 Å². The molecule has 1 unspecified atom stereocenters. The average Bonchev–Trinajstić information content (AvgIpc) is 3.13. The van der Waals surface area contributed by atoms with Crippen molar-refractivity contribution in [1.29, 1.82) is 0 Å². The standard InChI is InChI=1S/C18H24ClN3O2S2/c1-21-7-9-22(10-8-21)18(15-6-11-25-13-15)12-20-26(23,24)14-16-4-2-3-5-17(16)19/h2-6,11,13,18,20H,7-10,12,14H2,1H3. The molecule has 1 aromatic carbocycles. The summed E-state index contributed by atoms with van der Waals surface area (Å²) in [6.07, 6.45) is 0. The zero-order chi connectivity index (χ0) is 18.6. The Labute approximate surface area is 164 Å². The van der Waals surface area contributed by atoms with Gasteiger partial charge in [-0.15, -0.1) is 0 Å². The SMILES string of the molecule is CN1CCN(C(CNS(=O)(=O)Cc2ccccc2Cl)c2ccsc2)CC1. The summed E-state index contributed by atoms with van der Waals surface area (Å²) < 4.78 is 27.9. The Morgan fingerprint density at radius 3 is 2.58 bits per heavy atom. The van der Waals surface area contributed by atoms with Gasteiger partial charge in [0.1, 0.15) is 0 Å². The first-order chi connectivity index (χ1) is 12.4. The van der Waals surface area contributed by atoms with Crippen LogP contribution in [0.25, 0.3) is 0 Å². The van der Waals surface area contributed by atoms with Crippen LogP contribution in [0.5, 0.6) is 0 Å². The Hall–Kier alpha value is -0.960. The van der Waals surface area contributed by atoms with Crippen molar-refractivity contribution in [2.45, 2.75) is 11.8 Å². The fraction of sp³-hybridized carbons (Fsp3) is 0.444. The summed E-state index contributed by atoms with van der Waals surface area (Å²) in [5, 5.41) is 4.62. The van der Waals surface area contributed by atoms with E-state index in [4.69, 9.17) is 11.6 Å². The van der Waals surface area contributed by atoms with Gasteiger partial charge in [-0.2, -0.15) is 11.3 Å². The second-order valence-corrected chi connectivity index (χ2v) is 9.60. The third-order valence-electron chi connectivity index (χ3n) is 4.71. The maximum Gasteiger partial charge on any atom is 0.215 e. The van der Waals surface area contributed by atoms with Crippen LogP contribution >= 0.6 is 22.9 Å². The van der Waals surface area contributed by atoms with Crippen molar-refractivity contribution in [3.05, 3.63) is 57.2 Å². The molecule has 0 aliphatic carbocycles.